The van der Waals surface area contributed by atoms with Crippen LogP contribution in [0.2, 0.25) is 0 Å². The highest BCUT2D eigenvalue weighted by Crippen LogP contribution is 2.28. The number of carbonyl (C=O) groups excluding carboxylic acids is 1. The van der Waals surface area contributed by atoms with Crippen LogP contribution in [-0.2, 0) is 4.79 Å². The maximum absolute atomic E-state index is 13.4. The van der Waals surface area contributed by atoms with Gasteiger partial charge in [0.2, 0.25) is 0 Å². The van der Waals surface area contributed by atoms with Crippen LogP contribution >= 0.6 is 0 Å². The average molecular weight is 170 g/mol. The fourth-order valence-electron chi connectivity index (χ4n) is 1.00. The first-order valence-corrected chi connectivity index (χ1v) is 3.52. The molecule has 0 radical (unpaired) electrons. The van der Waals surface area contributed by atoms with Crippen LogP contribution in [-0.4, -0.2) is 12.0 Å². The van der Waals surface area contributed by atoms with Gasteiger partial charge in [-0.15, -0.1) is 0 Å². The third-order valence-electron chi connectivity index (χ3n) is 1.54. The van der Waals surface area contributed by atoms with E-state index in [2.05, 4.69) is 0 Å². The minimum Gasteiger partial charge on any atom is -0.299 e. The standard InChI is InChI=1S/C9H8F2O/c10-8-3-1-4-9(11,7-8)5-2-6-12/h1-6H,7H2/b5-2+. The molecule has 1 rings (SSSR count). The van der Waals surface area contributed by atoms with E-state index in [9.17, 15) is 13.6 Å². The molecule has 1 aliphatic carbocycles. The molecular weight excluding hydrogens is 162 g/mol. The predicted molar refractivity (Wildman–Crippen MR) is 42.0 cm³/mol. The number of alkyl halides is 1. The molecule has 0 aromatic carbocycles. The summed E-state index contributed by atoms with van der Waals surface area (Å²) in [7, 11) is 0. The Hall–Kier alpha value is -1.25. The largest absolute Gasteiger partial charge is 0.299 e. The summed E-state index contributed by atoms with van der Waals surface area (Å²) in [6.07, 6.45) is 5.93. The second-order valence-corrected chi connectivity index (χ2v) is 2.57. The molecule has 1 atom stereocenters. The Morgan fingerprint density at radius 1 is 1.58 bits per heavy atom. The Labute approximate surface area is 69.1 Å². The Morgan fingerprint density at radius 3 is 2.92 bits per heavy atom. The van der Waals surface area contributed by atoms with Crippen LogP contribution in [0.5, 0.6) is 0 Å². The molecule has 0 saturated carbocycles. The lowest BCUT2D eigenvalue weighted by Gasteiger charge is -2.18. The van der Waals surface area contributed by atoms with Gasteiger partial charge in [-0.25, -0.2) is 8.78 Å². The summed E-state index contributed by atoms with van der Waals surface area (Å²) >= 11 is 0. The number of carbonyl (C=O) groups is 1. The maximum Gasteiger partial charge on any atom is 0.154 e. The van der Waals surface area contributed by atoms with Crippen molar-refractivity contribution in [3.05, 3.63) is 36.2 Å². The van der Waals surface area contributed by atoms with Crippen molar-refractivity contribution in [3.63, 3.8) is 0 Å². The molecule has 0 bridgehead atoms. The molecular formula is C9H8F2O. The first-order valence-electron chi connectivity index (χ1n) is 3.52. The van der Waals surface area contributed by atoms with E-state index >= 15 is 0 Å². The topological polar surface area (TPSA) is 17.1 Å². The van der Waals surface area contributed by atoms with Crippen molar-refractivity contribution in [1.82, 2.24) is 0 Å². The van der Waals surface area contributed by atoms with Crippen molar-refractivity contribution in [2.24, 2.45) is 0 Å². The summed E-state index contributed by atoms with van der Waals surface area (Å²) < 4.78 is 26.0. The first-order chi connectivity index (χ1) is 5.66. The zero-order valence-electron chi connectivity index (χ0n) is 6.34. The monoisotopic (exact) mass is 170 g/mol. The van der Waals surface area contributed by atoms with E-state index < -0.39 is 11.5 Å². The molecule has 0 aliphatic heterocycles. The molecule has 64 valence electrons. The van der Waals surface area contributed by atoms with Crippen LogP contribution in [0.15, 0.2) is 36.2 Å². The summed E-state index contributed by atoms with van der Waals surface area (Å²) in [6.45, 7) is 0. The van der Waals surface area contributed by atoms with Crippen molar-refractivity contribution in [2.45, 2.75) is 12.1 Å². The van der Waals surface area contributed by atoms with Gasteiger partial charge < -0.3 is 0 Å². The number of halogens is 2. The Kier molecular flexibility index (Phi) is 2.53. The fourth-order valence-corrected chi connectivity index (χ4v) is 1.00. The molecule has 0 fully saturated rings. The van der Waals surface area contributed by atoms with Crippen LogP contribution in [0.1, 0.15) is 6.42 Å². The third-order valence-corrected chi connectivity index (χ3v) is 1.54. The quantitative estimate of drug-likeness (QED) is 0.459. The van der Waals surface area contributed by atoms with Gasteiger partial charge in [-0.1, -0.05) is 6.08 Å². The zero-order valence-corrected chi connectivity index (χ0v) is 6.34. The highest BCUT2D eigenvalue weighted by molar-refractivity contribution is 5.65. The van der Waals surface area contributed by atoms with E-state index in [4.69, 9.17) is 0 Å². The van der Waals surface area contributed by atoms with E-state index in [0.717, 1.165) is 12.2 Å². The van der Waals surface area contributed by atoms with Gasteiger partial charge in [0.1, 0.15) is 12.1 Å². The molecule has 0 N–H and O–H groups in total. The number of hydrogen-bond donors (Lipinski definition) is 0. The van der Waals surface area contributed by atoms with Crippen LogP contribution in [0.25, 0.3) is 0 Å². The van der Waals surface area contributed by atoms with Gasteiger partial charge in [0.15, 0.2) is 5.67 Å². The van der Waals surface area contributed by atoms with Gasteiger partial charge in [-0.05, 0) is 24.3 Å². The second kappa shape index (κ2) is 3.43. The smallest absolute Gasteiger partial charge is 0.154 e. The van der Waals surface area contributed by atoms with E-state index in [-0.39, 0.29) is 6.42 Å². The summed E-state index contributed by atoms with van der Waals surface area (Å²) in [5.74, 6) is -0.518. The van der Waals surface area contributed by atoms with E-state index in [1.165, 1.54) is 18.2 Å². The maximum atomic E-state index is 13.4. The highest BCUT2D eigenvalue weighted by atomic mass is 19.1. The van der Waals surface area contributed by atoms with Gasteiger partial charge in [0, 0.05) is 6.42 Å². The summed E-state index contributed by atoms with van der Waals surface area (Å²) in [4.78, 5) is 9.89. The van der Waals surface area contributed by atoms with E-state index in [0.29, 0.717) is 6.29 Å². The molecule has 0 amide bonds. The number of aldehydes is 1. The molecule has 3 heteroatoms. The molecule has 0 heterocycles. The minimum atomic E-state index is -1.83. The average Bonchev–Trinajstić information content (AvgIpc) is 2.01. The van der Waals surface area contributed by atoms with Crippen LogP contribution in [0, 0.1) is 0 Å². The lowest BCUT2D eigenvalue weighted by molar-refractivity contribution is -0.104. The van der Waals surface area contributed by atoms with Crippen LogP contribution in [0.4, 0.5) is 8.78 Å². The summed E-state index contributed by atoms with van der Waals surface area (Å²) in [5.41, 5.74) is -1.83. The van der Waals surface area contributed by atoms with Gasteiger partial charge in [0.05, 0.1) is 0 Å². The molecule has 1 nitrogen and oxygen atoms in total. The molecule has 0 spiro atoms. The van der Waals surface area contributed by atoms with Crippen molar-refractivity contribution in [3.8, 4) is 0 Å². The zero-order chi connectivity index (χ0) is 9.03. The Morgan fingerprint density at radius 2 is 2.33 bits per heavy atom. The van der Waals surface area contributed by atoms with Crippen molar-refractivity contribution in [2.75, 3.05) is 0 Å². The number of hydrogen-bond acceptors (Lipinski definition) is 1. The highest BCUT2D eigenvalue weighted by Gasteiger charge is 2.26. The predicted octanol–water partition coefficient (Wildman–Crippen LogP) is 2.26. The minimum absolute atomic E-state index is 0.326. The van der Waals surface area contributed by atoms with E-state index in [1.54, 1.807) is 0 Å². The molecule has 0 aromatic rings. The van der Waals surface area contributed by atoms with Crippen LogP contribution < -0.4 is 0 Å². The van der Waals surface area contributed by atoms with Crippen molar-refractivity contribution < 1.29 is 13.6 Å². The number of rotatable bonds is 2. The van der Waals surface area contributed by atoms with Gasteiger partial charge >= 0.3 is 0 Å². The third kappa shape index (κ3) is 2.12. The lowest BCUT2D eigenvalue weighted by Crippen LogP contribution is -2.18. The fraction of sp³-hybridized carbons (Fsp3) is 0.222. The molecule has 0 aromatic heterocycles. The SMILES string of the molecule is O=C/C=C/C1(F)C=CC=C(F)C1. The van der Waals surface area contributed by atoms with Crippen molar-refractivity contribution >= 4 is 6.29 Å². The van der Waals surface area contributed by atoms with Crippen LogP contribution in [0.3, 0.4) is 0 Å². The molecule has 1 aliphatic rings. The summed E-state index contributed by atoms with van der Waals surface area (Å²) in [6, 6.07) is 0. The Bertz CT molecular complexity index is 262. The van der Waals surface area contributed by atoms with Gasteiger partial charge in [0.25, 0.3) is 0 Å². The van der Waals surface area contributed by atoms with Gasteiger partial charge in [-0.2, -0.15) is 0 Å². The normalized spacial score (nSPS) is 29.0. The second-order valence-electron chi connectivity index (χ2n) is 2.57. The first kappa shape index (κ1) is 8.84. The molecule has 1 unspecified atom stereocenters. The van der Waals surface area contributed by atoms with E-state index in [1.807, 2.05) is 0 Å². The molecule has 0 saturated heterocycles. The Balaban J connectivity index is 2.75. The van der Waals surface area contributed by atoms with Crippen molar-refractivity contribution in [1.29, 1.82) is 0 Å². The van der Waals surface area contributed by atoms with Gasteiger partial charge in [-0.3, -0.25) is 4.79 Å². The number of allylic oxidation sites excluding steroid dienone is 6. The molecule has 12 heavy (non-hydrogen) atoms. The lowest BCUT2D eigenvalue weighted by atomic mass is 9.96. The summed E-state index contributed by atoms with van der Waals surface area (Å²) in [5, 5.41) is 0.